The van der Waals surface area contributed by atoms with Gasteiger partial charge in [-0.3, -0.25) is 0 Å². The van der Waals surface area contributed by atoms with Crippen LogP contribution >= 0.6 is 0 Å². The minimum atomic E-state index is -2.50. The second-order valence-electron chi connectivity index (χ2n) is 9.49. The highest BCUT2D eigenvalue weighted by Gasteiger charge is 2.41. The summed E-state index contributed by atoms with van der Waals surface area (Å²) in [7, 11) is -2.50. The molecule has 6 aromatic rings. The number of pyridine rings is 1. The van der Waals surface area contributed by atoms with Crippen molar-refractivity contribution in [1.82, 2.24) is 4.98 Å². The summed E-state index contributed by atoms with van der Waals surface area (Å²) in [5.74, 6) is 0.792. The molecule has 0 saturated carbocycles. The quantitative estimate of drug-likeness (QED) is 0.151. The molecule has 188 valence electrons. The van der Waals surface area contributed by atoms with Gasteiger partial charge in [-0.15, -0.1) is 29.8 Å². The van der Waals surface area contributed by atoms with Crippen LogP contribution in [0.25, 0.3) is 11.3 Å². The van der Waals surface area contributed by atoms with E-state index in [-0.39, 0.29) is 0 Å². The molecule has 1 heterocycles. The van der Waals surface area contributed by atoms with Gasteiger partial charge < -0.3 is 9.72 Å². The molecule has 3 heteroatoms. The molecule has 5 aromatic carbocycles. The monoisotopic (exact) mass is 518 g/mol. The van der Waals surface area contributed by atoms with Gasteiger partial charge in [0.25, 0.3) is 0 Å². The first-order valence-corrected chi connectivity index (χ1v) is 15.2. The fourth-order valence-corrected chi connectivity index (χ4v) is 10.0. The number of aromatic nitrogens is 1. The van der Waals surface area contributed by atoms with E-state index in [0.29, 0.717) is 6.61 Å². The van der Waals surface area contributed by atoms with Gasteiger partial charge in [0.1, 0.15) is 6.61 Å². The third-order valence-electron chi connectivity index (χ3n) is 7.14. The summed E-state index contributed by atoms with van der Waals surface area (Å²) in [6.07, 6.45) is 1.79. The Labute approximate surface area is 231 Å². The van der Waals surface area contributed by atoms with Gasteiger partial charge in [0.05, 0.1) is 0 Å². The van der Waals surface area contributed by atoms with E-state index < -0.39 is 8.07 Å². The molecule has 0 atom stereocenters. The van der Waals surface area contributed by atoms with Crippen molar-refractivity contribution in [2.24, 2.45) is 0 Å². The van der Waals surface area contributed by atoms with E-state index >= 15 is 0 Å². The number of hydrogen-bond acceptors (Lipinski definition) is 2. The topological polar surface area (TPSA) is 22.1 Å². The van der Waals surface area contributed by atoms with E-state index in [1.807, 2.05) is 36.4 Å². The van der Waals surface area contributed by atoms with Crippen molar-refractivity contribution in [3.8, 4) is 17.0 Å². The molecule has 0 radical (unpaired) electrons. The van der Waals surface area contributed by atoms with Gasteiger partial charge in [-0.05, 0) is 38.1 Å². The maximum atomic E-state index is 6.12. The van der Waals surface area contributed by atoms with Gasteiger partial charge in [0.15, 0.2) is 8.07 Å². The van der Waals surface area contributed by atoms with Crippen LogP contribution in [0.1, 0.15) is 5.56 Å². The average Bonchev–Trinajstić information content (AvgIpc) is 3.03. The third kappa shape index (κ3) is 5.05. The highest BCUT2D eigenvalue weighted by molar-refractivity contribution is 7.19. The molecule has 1 aromatic heterocycles. The van der Waals surface area contributed by atoms with E-state index in [9.17, 15) is 0 Å². The number of hydrogen-bond donors (Lipinski definition) is 0. The normalized spacial score (nSPS) is 11.2. The standard InChI is InChI=1S/C36H28NOSi/c1-4-12-32(13-5-1)39(33-14-6-2-7-15-33,34-16-8-3-9-17-34)35-25-19-29(20-26-35)28-38-31-23-21-30(22-24-31)36-18-10-11-27-37-36/h1-21,23-27H,28H2/q-1. The van der Waals surface area contributed by atoms with Crippen LogP contribution in [0.4, 0.5) is 0 Å². The second-order valence-corrected chi connectivity index (χ2v) is 13.3. The Morgan fingerprint density at radius 3 is 1.56 bits per heavy atom. The Morgan fingerprint density at radius 1 is 0.538 bits per heavy atom. The molecule has 0 unspecified atom stereocenters. The first kappa shape index (κ1) is 24.6. The molecule has 0 fully saturated rings. The molecular formula is C36H28NOSi-. The molecule has 0 aliphatic heterocycles. The second kappa shape index (κ2) is 11.3. The zero-order valence-electron chi connectivity index (χ0n) is 21.6. The Balaban J connectivity index is 1.32. The van der Waals surface area contributed by atoms with Gasteiger partial charge in [-0.25, -0.2) is 0 Å². The van der Waals surface area contributed by atoms with E-state index in [2.05, 4.69) is 126 Å². The van der Waals surface area contributed by atoms with Crippen LogP contribution in [0.15, 0.2) is 158 Å². The molecule has 0 aliphatic rings. The lowest BCUT2D eigenvalue weighted by Crippen LogP contribution is -2.74. The van der Waals surface area contributed by atoms with Crippen LogP contribution in [-0.4, -0.2) is 13.1 Å². The number of ether oxygens (including phenoxy) is 1. The first-order valence-electron chi connectivity index (χ1n) is 13.2. The van der Waals surface area contributed by atoms with Gasteiger partial charge in [-0.1, -0.05) is 127 Å². The Morgan fingerprint density at radius 2 is 1.08 bits per heavy atom. The molecule has 0 N–H and O–H groups in total. The summed E-state index contributed by atoms with van der Waals surface area (Å²) in [6, 6.07) is 57.0. The maximum Gasteiger partial charge on any atom is 0.179 e. The summed E-state index contributed by atoms with van der Waals surface area (Å²) >= 11 is 0. The van der Waals surface area contributed by atoms with Crippen molar-refractivity contribution < 1.29 is 4.74 Å². The summed E-state index contributed by atoms with van der Waals surface area (Å²) in [5.41, 5.74) is 2.99. The summed E-state index contributed by atoms with van der Waals surface area (Å²) in [5, 5.41) is 5.46. The van der Waals surface area contributed by atoms with Crippen LogP contribution in [0, 0.1) is 6.07 Å². The minimum Gasteiger partial charge on any atom is -0.532 e. The van der Waals surface area contributed by atoms with Crippen LogP contribution in [-0.2, 0) is 6.61 Å². The predicted octanol–water partition coefficient (Wildman–Crippen LogP) is 5.51. The Kier molecular flexibility index (Phi) is 7.15. The Hall–Kier alpha value is -4.73. The average molecular weight is 519 g/mol. The fraction of sp³-hybridized carbons (Fsp3) is 0.0278. The molecule has 0 amide bonds. The number of benzene rings is 5. The van der Waals surface area contributed by atoms with Crippen LogP contribution in [0.5, 0.6) is 5.75 Å². The van der Waals surface area contributed by atoms with Crippen molar-refractivity contribution >= 4 is 28.8 Å². The lowest BCUT2D eigenvalue weighted by molar-refractivity contribution is 0.306. The van der Waals surface area contributed by atoms with Crippen molar-refractivity contribution in [1.29, 1.82) is 0 Å². The summed E-state index contributed by atoms with van der Waals surface area (Å²) in [4.78, 5) is 4.40. The molecular weight excluding hydrogens is 490 g/mol. The SMILES string of the molecule is [c-]1cc(OCc2ccc([Si](c3ccccc3)(c3ccccc3)c3ccccc3)cc2)ccc1-c1ccccn1. The maximum absolute atomic E-state index is 6.12. The van der Waals surface area contributed by atoms with Crippen molar-refractivity contribution in [2.45, 2.75) is 6.61 Å². The number of rotatable bonds is 8. The minimum absolute atomic E-state index is 0.494. The molecule has 0 bridgehead atoms. The molecule has 39 heavy (non-hydrogen) atoms. The van der Waals surface area contributed by atoms with E-state index in [1.165, 1.54) is 20.7 Å². The number of nitrogens with zero attached hydrogens (tertiary/aromatic N) is 1. The van der Waals surface area contributed by atoms with Crippen molar-refractivity contribution in [3.63, 3.8) is 0 Å². The predicted molar refractivity (Wildman–Crippen MR) is 163 cm³/mol. The zero-order chi connectivity index (χ0) is 26.3. The van der Waals surface area contributed by atoms with Gasteiger partial charge in [0, 0.05) is 11.9 Å². The van der Waals surface area contributed by atoms with E-state index in [1.54, 1.807) is 6.20 Å². The molecule has 0 spiro atoms. The molecule has 0 saturated heterocycles. The van der Waals surface area contributed by atoms with Crippen molar-refractivity contribution in [2.75, 3.05) is 0 Å². The van der Waals surface area contributed by atoms with Gasteiger partial charge >= 0.3 is 0 Å². The largest absolute Gasteiger partial charge is 0.532 e. The van der Waals surface area contributed by atoms with Gasteiger partial charge in [-0.2, -0.15) is 0 Å². The zero-order valence-corrected chi connectivity index (χ0v) is 22.6. The summed E-state index contributed by atoms with van der Waals surface area (Å²) < 4.78 is 6.12. The Bertz CT molecular complexity index is 1510. The highest BCUT2D eigenvalue weighted by Crippen LogP contribution is 2.20. The lowest BCUT2D eigenvalue weighted by atomic mass is 10.1. The highest BCUT2D eigenvalue weighted by atomic mass is 28.3. The fourth-order valence-electron chi connectivity index (χ4n) is 5.26. The third-order valence-corrected chi connectivity index (χ3v) is 11.9. The van der Waals surface area contributed by atoms with Crippen LogP contribution in [0.3, 0.4) is 0 Å². The van der Waals surface area contributed by atoms with Crippen LogP contribution < -0.4 is 25.5 Å². The molecule has 6 rings (SSSR count). The summed E-state index contributed by atoms with van der Waals surface area (Å²) in [6.45, 7) is 0.494. The van der Waals surface area contributed by atoms with Gasteiger partial charge in [0.2, 0.25) is 0 Å². The van der Waals surface area contributed by atoms with E-state index in [4.69, 9.17) is 4.74 Å². The van der Waals surface area contributed by atoms with Crippen molar-refractivity contribution in [3.05, 3.63) is 169 Å². The van der Waals surface area contributed by atoms with Crippen LogP contribution in [0.2, 0.25) is 0 Å². The molecule has 2 nitrogen and oxygen atoms in total. The lowest BCUT2D eigenvalue weighted by Gasteiger charge is -2.34. The first-order chi connectivity index (χ1) is 19.3. The molecule has 0 aliphatic carbocycles. The van der Waals surface area contributed by atoms with E-state index in [0.717, 1.165) is 22.6 Å². The smallest absolute Gasteiger partial charge is 0.179 e.